The first kappa shape index (κ1) is 15.2. The van der Waals surface area contributed by atoms with Crippen LogP contribution < -0.4 is 10.0 Å². The standard InChI is InChI=1S/C13H17N5O2S/c1-4-14-12-8-11(5-6-15-12)21(19,20)18-13-16-9(2)7-10(3)17-13/h5-8H,4H2,1-3H3,(H,14,15)(H,16,17,18). The minimum absolute atomic E-state index is 0.0642. The van der Waals surface area contributed by atoms with Gasteiger partial charge in [-0.05, 0) is 32.9 Å². The molecule has 0 spiro atoms. The molecule has 0 amide bonds. The lowest BCUT2D eigenvalue weighted by Crippen LogP contribution is -2.16. The van der Waals surface area contributed by atoms with E-state index < -0.39 is 10.0 Å². The molecule has 0 aliphatic carbocycles. The zero-order chi connectivity index (χ0) is 15.5. The first-order chi connectivity index (χ1) is 9.90. The lowest BCUT2D eigenvalue weighted by Gasteiger charge is -2.09. The highest BCUT2D eigenvalue weighted by molar-refractivity contribution is 7.92. The van der Waals surface area contributed by atoms with Gasteiger partial charge in [0.1, 0.15) is 5.82 Å². The maximum Gasteiger partial charge on any atom is 0.264 e. The molecule has 8 heteroatoms. The molecule has 0 saturated carbocycles. The molecule has 0 fully saturated rings. The SMILES string of the molecule is CCNc1cc(S(=O)(=O)Nc2nc(C)cc(C)n2)ccn1. The van der Waals surface area contributed by atoms with E-state index in [4.69, 9.17) is 0 Å². The van der Waals surface area contributed by atoms with E-state index in [0.29, 0.717) is 23.8 Å². The van der Waals surface area contributed by atoms with E-state index in [-0.39, 0.29) is 10.8 Å². The molecule has 2 aromatic rings. The smallest absolute Gasteiger partial charge is 0.264 e. The summed E-state index contributed by atoms with van der Waals surface area (Å²) in [5.41, 5.74) is 1.39. The van der Waals surface area contributed by atoms with Crippen LogP contribution in [0.25, 0.3) is 0 Å². The third kappa shape index (κ3) is 3.88. The molecule has 7 nitrogen and oxygen atoms in total. The second-order valence-corrected chi connectivity index (χ2v) is 6.17. The number of sulfonamides is 1. The van der Waals surface area contributed by atoms with Crippen LogP contribution in [-0.4, -0.2) is 29.9 Å². The van der Waals surface area contributed by atoms with Gasteiger partial charge in [0.25, 0.3) is 10.0 Å². The minimum Gasteiger partial charge on any atom is -0.370 e. The van der Waals surface area contributed by atoms with E-state index in [9.17, 15) is 8.42 Å². The third-order valence-electron chi connectivity index (χ3n) is 2.61. The van der Waals surface area contributed by atoms with Crippen molar-refractivity contribution in [3.8, 4) is 0 Å². The molecule has 2 rings (SSSR count). The summed E-state index contributed by atoms with van der Waals surface area (Å²) in [4.78, 5) is 12.3. The molecule has 0 bridgehead atoms. The molecule has 0 atom stereocenters. The van der Waals surface area contributed by atoms with Crippen molar-refractivity contribution in [1.29, 1.82) is 0 Å². The fourth-order valence-corrected chi connectivity index (χ4v) is 2.76. The fourth-order valence-electron chi connectivity index (χ4n) is 1.81. The Bertz CT molecular complexity index is 726. The van der Waals surface area contributed by atoms with Gasteiger partial charge in [0.15, 0.2) is 0 Å². The van der Waals surface area contributed by atoms with E-state index in [2.05, 4.69) is 25.0 Å². The maximum atomic E-state index is 12.3. The summed E-state index contributed by atoms with van der Waals surface area (Å²) in [5.74, 6) is 0.566. The largest absolute Gasteiger partial charge is 0.370 e. The van der Waals surface area contributed by atoms with E-state index in [1.807, 2.05) is 6.92 Å². The lowest BCUT2D eigenvalue weighted by molar-refractivity contribution is 0.600. The van der Waals surface area contributed by atoms with Crippen molar-refractivity contribution in [3.63, 3.8) is 0 Å². The molecule has 0 radical (unpaired) electrons. The molecule has 2 aromatic heterocycles. The minimum atomic E-state index is -3.74. The number of nitrogens with zero attached hydrogens (tertiary/aromatic N) is 3. The van der Waals surface area contributed by atoms with Gasteiger partial charge in [0, 0.05) is 30.2 Å². The van der Waals surface area contributed by atoms with Crippen LogP contribution in [0.4, 0.5) is 11.8 Å². The van der Waals surface area contributed by atoms with Crippen molar-refractivity contribution < 1.29 is 8.42 Å². The van der Waals surface area contributed by atoms with E-state index in [0.717, 1.165) is 0 Å². The normalized spacial score (nSPS) is 11.2. The Morgan fingerprint density at radius 2 is 1.81 bits per heavy atom. The average molecular weight is 307 g/mol. The zero-order valence-corrected chi connectivity index (χ0v) is 12.9. The Hall–Kier alpha value is -2.22. The van der Waals surface area contributed by atoms with Crippen molar-refractivity contribution in [3.05, 3.63) is 35.8 Å². The molecule has 0 unspecified atom stereocenters. The zero-order valence-electron chi connectivity index (χ0n) is 12.1. The predicted molar refractivity (Wildman–Crippen MR) is 80.7 cm³/mol. The Balaban J connectivity index is 2.31. The van der Waals surface area contributed by atoms with Crippen LogP contribution in [0, 0.1) is 13.8 Å². The molecule has 0 aliphatic rings. The van der Waals surface area contributed by atoms with Gasteiger partial charge < -0.3 is 5.32 Å². The Morgan fingerprint density at radius 1 is 1.14 bits per heavy atom. The molecule has 0 aromatic carbocycles. The monoisotopic (exact) mass is 307 g/mol. The van der Waals surface area contributed by atoms with Gasteiger partial charge in [-0.3, -0.25) is 0 Å². The highest BCUT2D eigenvalue weighted by Crippen LogP contribution is 2.16. The average Bonchev–Trinajstić information content (AvgIpc) is 2.37. The summed E-state index contributed by atoms with van der Waals surface area (Å²) in [7, 11) is -3.74. The van der Waals surface area contributed by atoms with Crippen molar-refractivity contribution in [2.75, 3.05) is 16.6 Å². The highest BCUT2D eigenvalue weighted by Gasteiger charge is 2.16. The van der Waals surface area contributed by atoms with Crippen molar-refractivity contribution in [1.82, 2.24) is 15.0 Å². The van der Waals surface area contributed by atoms with Crippen LogP contribution in [0.5, 0.6) is 0 Å². The van der Waals surface area contributed by atoms with Crippen LogP contribution in [0.3, 0.4) is 0 Å². The topological polar surface area (TPSA) is 96.9 Å². The highest BCUT2D eigenvalue weighted by atomic mass is 32.2. The number of aryl methyl sites for hydroxylation is 2. The number of hydrogen-bond acceptors (Lipinski definition) is 6. The Labute approximate surface area is 123 Å². The van der Waals surface area contributed by atoms with E-state index in [1.165, 1.54) is 18.3 Å². The molecule has 21 heavy (non-hydrogen) atoms. The maximum absolute atomic E-state index is 12.3. The summed E-state index contributed by atoms with van der Waals surface area (Å²) in [6.45, 7) is 6.12. The molecular formula is C13H17N5O2S. The van der Waals surface area contributed by atoms with Gasteiger partial charge in [-0.15, -0.1) is 0 Å². The van der Waals surface area contributed by atoms with Gasteiger partial charge in [-0.25, -0.2) is 28.1 Å². The van der Waals surface area contributed by atoms with Crippen LogP contribution in [0.1, 0.15) is 18.3 Å². The second-order valence-electron chi connectivity index (χ2n) is 4.49. The van der Waals surface area contributed by atoms with Gasteiger partial charge >= 0.3 is 0 Å². The molecule has 0 aliphatic heterocycles. The summed E-state index contributed by atoms with van der Waals surface area (Å²) in [6, 6.07) is 4.66. The Morgan fingerprint density at radius 3 is 2.43 bits per heavy atom. The summed E-state index contributed by atoms with van der Waals surface area (Å²) >= 11 is 0. The number of pyridine rings is 1. The van der Waals surface area contributed by atoms with Gasteiger partial charge in [-0.1, -0.05) is 0 Å². The number of hydrogen-bond donors (Lipinski definition) is 2. The fraction of sp³-hybridized carbons (Fsp3) is 0.308. The summed E-state index contributed by atoms with van der Waals surface area (Å²) in [5, 5.41) is 2.97. The summed E-state index contributed by atoms with van der Waals surface area (Å²) < 4.78 is 27.0. The van der Waals surface area contributed by atoms with Crippen LogP contribution in [0.15, 0.2) is 29.3 Å². The number of nitrogens with one attached hydrogen (secondary N) is 2. The van der Waals surface area contributed by atoms with E-state index in [1.54, 1.807) is 19.9 Å². The molecule has 2 N–H and O–H groups in total. The van der Waals surface area contributed by atoms with Crippen molar-refractivity contribution in [2.24, 2.45) is 0 Å². The molecule has 2 heterocycles. The van der Waals surface area contributed by atoms with E-state index >= 15 is 0 Å². The summed E-state index contributed by atoms with van der Waals surface area (Å²) in [6.07, 6.45) is 1.44. The van der Waals surface area contributed by atoms with Crippen LogP contribution in [-0.2, 0) is 10.0 Å². The quantitative estimate of drug-likeness (QED) is 0.873. The first-order valence-electron chi connectivity index (χ1n) is 6.46. The van der Waals surface area contributed by atoms with Gasteiger partial charge in [-0.2, -0.15) is 0 Å². The molecule has 0 saturated heterocycles. The first-order valence-corrected chi connectivity index (χ1v) is 7.94. The second kappa shape index (κ2) is 6.04. The third-order valence-corrected chi connectivity index (χ3v) is 3.93. The van der Waals surface area contributed by atoms with Crippen molar-refractivity contribution in [2.45, 2.75) is 25.7 Å². The van der Waals surface area contributed by atoms with Crippen LogP contribution in [0.2, 0.25) is 0 Å². The Kier molecular flexibility index (Phi) is 4.37. The van der Waals surface area contributed by atoms with Crippen molar-refractivity contribution >= 4 is 21.8 Å². The number of rotatable bonds is 5. The number of aromatic nitrogens is 3. The predicted octanol–water partition coefficient (Wildman–Crippen LogP) is 1.72. The molecular weight excluding hydrogens is 290 g/mol. The van der Waals surface area contributed by atoms with Gasteiger partial charge in [0.05, 0.1) is 4.90 Å². The van der Waals surface area contributed by atoms with Crippen LogP contribution >= 0.6 is 0 Å². The van der Waals surface area contributed by atoms with Gasteiger partial charge in [0.2, 0.25) is 5.95 Å². The molecule has 112 valence electrons. The lowest BCUT2D eigenvalue weighted by atomic mass is 10.4. The number of anilines is 2.